The first-order valence-corrected chi connectivity index (χ1v) is 7.84. The molecule has 1 N–H and O–H groups in total. The summed E-state index contributed by atoms with van der Waals surface area (Å²) in [6, 6.07) is 10.7. The Hall–Kier alpha value is -2.83. The van der Waals surface area contributed by atoms with Crippen LogP contribution in [-0.4, -0.2) is 23.9 Å². The molecule has 2 aromatic carbocycles. The summed E-state index contributed by atoms with van der Waals surface area (Å²) in [7, 11) is 0. The molecule has 0 atom stereocenters. The van der Waals surface area contributed by atoms with Gasteiger partial charge in [0.05, 0.1) is 12.1 Å². The van der Waals surface area contributed by atoms with Gasteiger partial charge in [0.15, 0.2) is 0 Å². The van der Waals surface area contributed by atoms with Gasteiger partial charge >= 0.3 is 6.18 Å². The van der Waals surface area contributed by atoms with Crippen molar-refractivity contribution in [2.24, 2.45) is 0 Å². The van der Waals surface area contributed by atoms with Crippen molar-refractivity contribution in [2.45, 2.75) is 12.7 Å². The number of alkyl halides is 3. The molecule has 2 rings (SSSR count). The van der Waals surface area contributed by atoms with Crippen molar-refractivity contribution < 1.29 is 22.4 Å². The zero-order valence-electron chi connectivity index (χ0n) is 13.9. The Morgan fingerprint density at radius 1 is 1.15 bits per heavy atom. The quantitative estimate of drug-likeness (QED) is 0.579. The van der Waals surface area contributed by atoms with Crippen LogP contribution >= 0.6 is 0 Å². The number of amides is 1. The Balaban J connectivity index is 2.04. The highest BCUT2D eigenvalue weighted by Crippen LogP contribution is 2.30. The van der Waals surface area contributed by atoms with Gasteiger partial charge in [-0.1, -0.05) is 30.3 Å². The first-order chi connectivity index (χ1) is 12.3. The molecule has 0 saturated heterocycles. The molecule has 3 nitrogen and oxygen atoms in total. The number of halogens is 4. The molecule has 1 amide bonds. The highest BCUT2D eigenvalue weighted by molar-refractivity contribution is 5.81. The lowest BCUT2D eigenvalue weighted by atomic mass is 10.2. The molecule has 0 fully saturated rings. The van der Waals surface area contributed by atoms with E-state index < -0.39 is 17.6 Å². The minimum absolute atomic E-state index is 0.0434. The topological polar surface area (TPSA) is 32.3 Å². The third kappa shape index (κ3) is 5.34. The third-order valence-electron chi connectivity index (χ3n) is 3.65. The summed E-state index contributed by atoms with van der Waals surface area (Å²) in [4.78, 5) is 13.7. The van der Waals surface area contributed by atoms with Crippen LogP contribution in [0.1, 0.15) is 11.1 Å². The Bertz CT molecular complexity index is 774. The van der Waals surface area contributed by atoms with Gasteiger partial charge in [0.1, 0.15) is 5.82 Å². The number of carbonyl (C=O) groups is 1. The second-order valence-corrected chi connectivity index (χ2v) is 5.59. The molecule has 0 heterocycles. The van der Waals surface area contributed by atoms with Gasteiger partial charge in [-0.2, -0.15) is 13.2 Å². The van der Waals surface area contributed by atoms with Crippen molar-refractivity contribution in [3.05, 3.63) is 78.1 Å². The summed E-state index contributed by atoms with van der Waals surface area (Å²) in [6.45, 7) is 3.59. The first-order valence-electron chi connectivity index (χ1n) is 7.84. The van der Waals surface area contributed by atoms with Crippen LogP contribution in [0.2, 0.25) is 0 Å². The summed E-state index contributed by atoms with van der Waals surface area (Å²) in [6.07, 6.45) is -2.95. The molecule has 0 saturated carbocycles. The number of rotatable bonds is 7. The predicted molar refractivity (Wildman–Crippen MR) is 91.9 cm³/mol. The van der Waals surface area contributed by atoms with Crippen LogP contribution in [0.5, 0.6) is 0 Å². The van der Waals surface area contributed by atoms with Crippen LogP contribution in [0.3, 0.4) is 0 Å². The van der Waals surface area contributed by atoms with Crippen LogP contribution < -0.4 is 5.32 Å². The Morgan fingerprint density at radius 2 is 1.88 bits per heavy atom. The lowest BCUT2D eigenvalue weighted by molar-refractivity contribution is -0.137. The van der Waals surface area contributed by atoms with Crippen LogP contribution in [0.4, 0.5) is 23.2 Å². The van der Waals surface area contributed by atoms with Gasteiger partial charge < -0.3 is 10.2 Å². The lowest BCUT2D eigenvalue weighted by Crippen LogP contribution is -2.35. The molecule has 0 aliphatic heterocycles. The maximum absolute atomic E-state index is 13.8. The summed E-state index contributed by atoms with van der Waals surface area (Å²) in [5.41, 5.74) is -0.274. The van der Waals surface area contributed by atoms with Gasteiger partial charge in [0.2, 0.25) is 5.91 Å². The number of carbonyl (C=O) groups excluding carboxylic acids is 1. The molecule has 26 heavy (non-hydrogen) atoms. The van der Waals surface area contributed by atoms with E-state index in [0.717, 1.165) is 12.1 Å². The van der Waals surface area contributed by atoms with E-state index in [1.165, 1.54) is 29.2 Å². The molecule has 2 aromatic rings. The summed E-state index contributed by atoms with van der Waals surface area (Å²) < 4.78 is 52.0. The molecule has 7 heteroatoms. The van der Waals surface area contributed by atoms with Gasteiger partial charge in [-0.25, -0.2) is 4.39 Å². The Morgan fingerprint density at radius 3 is 2.54 bits per heavy atom. The number of nitrogens with zero attached hydrogens (tertiary/aromatic N) is 1. The first kappa shape index (κ1) is 19.5. The Labute approximate surface area is 148 Å². The van der Waals surface area contributed by atoms with E-state index in [2.05, 4.69) is 11.9 Å². The molecule has 138 valence electrons. The van der Waals surface area contributed by atoms with E-state index in [4.69, 9.17) is 0 Å². The van der Waals surface area contributed by atoms with E-state index in [1.54, 1.807) is 18.2 Å². The van der Waals surface area contributed by atoms with Crippen molar-refractivity contribution in [3.63, 3.8) is 0 Å². The zero-order chi connectivity index (χ0) is 19.2. The lowest BCUT2D eigenvalue weighted by Gasteiger charge is -2.22. The maximum Gasteiger partial charge on any atom is 0.416 e. The van der Waals surface area contributed by atoms with Gasteiger partial charge in [-0.15, -0.1) is 6.58 Å². The third-order valence-corrected chi connectivity index (χ3v) is 3.65. The van der Waals surface area contributed by atoms with Gasteiger partial charge in [0, 0.05) is 24.3 Å². The predicted octanol–water partition coefficient (Wildman–Crippen LogP) is 4.47. The number of hydrogen-bond donors (Lipinski definition) is 1. The maximum atomic E-state index is 13.8. The summed E-state index contributed by atoms with van der Waals surface area (Å²) >= 11 is 0. The zero-order valence-corrected chi connectivity index (χ0v) is 13.9. The number of nitrogens with one attached hydrogen (secondary N) is 1. The van der Waals surface area contributed by atoms with Crippen LogP contribution in [0.25, 0.3) is 0 Å². The van der Waals surface area contributed by atoms with Gasteiger partial charge in [-0.05, 0) is 24.3 Å². The molecule has 0 aromatic heterocycles. The van der Waals surface area contributed by atoms with Crippen molar-refractivity contribution in [1.82, 2.24) is 4.90 Å². The fourth-order valence-electron chi connectivity index (χ4n) is 2.34. The largest absolute Gasteiger partial charge is 0.416 e. The highest BCUT2D eigenvalue weighted by atomic mass is 19.4. The molecule has 0 spiro atoms. The molecule has 0 unspecified atom stereocenters. The van der Waals surface area contributed by atoms with E-state index >= 15 is 0 Å². The van der Waals surface area contributed by atoms with E-state index in [0.29, 0.717) is 5.56 Å². The number of benzene rings is 2. The van der Waals surface area contributed by atoms with Crippen molar-refractivity contribution in [1.29, 1.82) is 0 Å². The second-order valence-electron chi connectivity index (χ2n) is 5.59. The Kier molecular flexibility index (Phi) is 6.38. The molecular formula is C19H18F4N2O. The van der Waals surface area contributed by atoms with Crippen LogP contribution in [0.15, 0.2) is 61.2 Å². The van der Waals surface area contributed by atoms with Gasteiger partial charge in [-0.3, -0.25) is 4.79 Å². The molecule has 0 aliphatic rings. The van der Waals surface area contributed by atoms with Crippen LogP contribution in [-0.2, 0) is 17.5 Å². The van der Waals surface area contributed by atoms with Crippen molar-refractivity contribution in [3.8, 4) is 0 Å². The van der Waals surface area contributed by atoms with Gasteiger partial charge in [0.25, 0.3) is 0 Å². The summed E-state index contributed by atoms with van der Waals surface area (Å²) in [5.74, 6) is -0.814. The monoisotopic (exact) mass is 366 g/mol. The molecule has 0 bridgehead atoms. The average Bonchev–Trinajstić information content (AvgIpc) is 2.60. The standard InChI is InChI=1S/C19H18F4N2O/c1-2-10-25(13-14-6-3-4-9-17(14)20)18(26)12-24-16-8-5-7-15(11-16)19(21,22)23/h2-9,11,24H,1,10,12-13H2. The summed E-state index contributed by atoms with van der Waals surface area (Å²) in [5, 5.41) is 2.68. The van der Waals surface area contributed by atoms with Crippen molar-refractivity contribution >= 4 is 11.6 Å². The molecular weight excluding hydrogens is 348 g/mol. The van der Waals surface area contributed by atoms with E-state index in [1.807, 2.05) is 0 Å². The van der Waals surface area contributed by atoms with Crippen LogP contribution in [0, 0.1) is 5.82 Å². The average molecular weight is 366 g/mol. The van der Waals surface area contributed by atoms with E-state index in [-0.39, 0.29) is 31.2 Å². The minimum Gasteiger partial charge on any atom is -0.376 e. The second kappa shape index (κ2) is 8.51. The smallest absolute Gasteiger partial charge is 0.376 e. The van der Waals surface area contributed by atoms with E-state index in [9.17, 15) is 22.4 Å². The molecule has 0 aliphatic carbocycles. The minimum atomic E-state index is -4.46. The van der Waals surface area contributed by atoms with Crippen molar-refractivity contribution in [2.75, 3.05) is 18.4 Å². The normalized spacial score (nSPS) is 11.1. The fraction of sp³-hybridized carbons (Fsp3) is 0.211. The number of anilines is 1. The SMILES string of the molecule is C=CCN(Cc1ccccc1F)C(=O)CNc1cccc(C(F)(F)F)c1. The fourth-order valence-corrected chi connectivity index (χ4v) is 2.34. The highest BCUT2D eigenvalue weighted by Gasteiger charge is 2.30. The molecule has 0 radical (unpaired) electrons. The number of hydrogen-bond acceptors (Lipinski definition) is 2.